The smallest absolute Gasteiger partial charge is 0.240 e. The lowest BCUT2D eigenvalue weighted by molar-refractivity contribution is -0.124. The highest BCUT2D eigenvalue weighted by atomic mass is 35.5. The Hall–Kier alpha value is -2.34. The summed E-state index contributed by atoms with van der Waals surface area (Å²) in [7, 11) is 0. The second-order valence-electron chi connectivity index (χ2n) is 5.82. The number of anilines is 1. The molecule has 2 amide bonds. The minimum atomic E-state index is -0.176. The third-order valence-electron chi connectivity index (χ3n) is 3.95. The van der Waals surface area contributed by atoms with Crippen LogP contribution in [0.2, 0.25) is 5.02 Å². The highest BCUT2D eigenvalue weighted by Crippen LogP contribution is 2.22. The number of aryl methyl sites for hydroxylation is 2. The topological polar surface area (TPSA) is 67.2 Å². The average Bonchev–Trinajstić information content (AvgIpc) is 2.93. The highest BCUT2D eigenvalue weighted by molar-refractivity contribution is 6.30. The third-order valence-corrected chi connectivity index (χ3v) is 4.20. The van der Waals surface area contributed by atoms with E-state index in [9.17, 15) is 9.59 Å². The van der Waals surface area contributed by atoms with Gasteiger partial charge in [-0.25, -0.2) is 4.68 Å². The summed E-state index contributed by atoms with van der Waals surface area (Å²) in [5.41, 5.74) is 1.94. The van der Waals surface area contributed by atoms with Crippen LogP contribution in [0.3, 0.4) is 0 Å². The van der Waals surface area contributed by atoms with Crippen molar-refractivity contribution in [2.24, 2.45) is 0 Å². The van der Waals surface area contributed by atoms with Crippen LogP contribution in [0.4, 0.5) is 5.82 Å². The maximum absolute atomic E-state index is 12.2. The molecular formula is C17H19ClN4O2. The number of amides is 2. The molecule has 2 heterocycles. The van der Waals surface area contributed by atoms with E-state index in [1.807, 2.05) is 37.3 Å². The minimum absolute atomic E-state index is 0.0184. The molecule has 0 saturated carbocycles. The number of benzene rings is 1. The molecule has 1 aromatic carbocycles. The summed E-state index contributed by atoms with van der Waals surface area (Å²) < 4.78 is 1.78. The number of fused-ring (bicyclic) bond motifs is 1. The molecule has 24 heavy (non-hydrogen) atoms. The van der Waals surface area contributed by atoms with Crippen LogP contribution < -0.4 is 10.2 Å². The van der Waals surface area contributed by atoms with Crippen LogP contribution >= 0.6 is 11.6 Å². The van der Waals surface area contributed by atoms with E-state index in [1.165, 1.54) is 4.90 Å². The second-order valence-corrected chi connectivity index (χ2v) is 6.26. The maximum atomic E-state index is 12.2. The van der Waals surface area contributed by atoms with Gasteiger partial charge in [-0.1, -0.05) is 23.7 Å². The Kier molecular flexibility index (Phi) is 4.85. The summed E-state index contributed by atoms with van der Waals surface area (Å²) in [6, 6.07) is 9.36. The summed E-state index contributed by atoms with van der Waals surface area (Å²) in [5.74, 6) is 0.469. The van der Waals surface area contributed by atoms with Crippen molar-refractivity contribution < 1.29 is 9.59 Å². The predicted octanol–water partition coefficient (Wildman–Crippen LogP) is 1.94. The van der Waals surface area contributed by atoms with Crippen molar-refractivity contribution in [3.8, 4) is 0 Å². The van der Waals surface area contributed by atoms with Crippen LogP contribution in [0.15, 0.2) is 30.3 Å². The van der Waals surface area contributed by atoms with Gasteiger partial charge < -0.3 is 5.32 Å². The molecule has 1 aliphatic rings. The number of hydrogen-bond donors (Lipinski definition) is 1. The van der Waals surface area contributed by atoms with Gasteiger partial charge in [0, 0.05) is 24.1 Å². The van der Waals surface area contributed by atoms with E-state index >= 15 is 0 Å². The number of hydrogen-bond acceptors (Lipinski definition) is 3. The Morgan fingerprint density at radius 2 is 2.08 bits per heavy atom. The van der Waals surface area contributed by atoms with Gasteiger partial charge in [0.2, 0.25) is 11.8 Å². The normalized spacial score (nSPS) is 13.8. The number of carbonyl (C=O) groups is 2. The van der Waals surface area contributed by atoms with Gasteiger partial charge in [0.05, 0.1) is 12.2 Å². The number of nitrogens with zero attached hydrogens (tertiary/aromatic N) is 3. The Labute approximate surface area is 145 Å². The Balaban J connectivity index is 1.55. The molecule has 0 saturated heterocycles. The van der Waals surface area contributed by atoms with Gasteiger partial charge in [0.1, 0.15) is 12.4 Å². The second kappa shape index (κ2) is 7.05. The van der Waals surface area contributed by atoms with Gasteiger partial charge in [-0.2, -0.15) is 5.10 Å². The predicted molar refractivity (Wildman–Crippen MR) is 92.1 cm³/mol. The van der Waals surface area contributed by atoms with Crippen LogP contribution in [-0.2, 0) is 22.6 Å². The lowest BCUT2D eigenvalue weighted by Gasteiger charge is -2.26. The van der Waals surface area contributed by atoms with Crippen LogP contribution in [0.5, 0.6) is 0 Å². The van der Waals surface area contributed by atoms with Gasteiger partial charge in [0.25, 0.3) is 0 Å². The molecule has 0 fully saturated rings. The van der Waals surface area contributed by atoms with Crippen LogP contribution in [-0.4, -0.2) is 34.7 Å². The number of rotatable bonds is 5. The van der Waals surface area contributed by atoms with Gasteiger partial charge in [-0.3, -0.25) is 14.5 Å². The molecule has 6 nitrogen and oxygen atoms in total. The van der Waals surface area contributed by atoms with Crippen molar-refractivity contribution in [1.29, 1.82) is 0 Å². The molecular weight excluding hydrogens is 328 g/mol. The zero-order chi connectivity index (χ0) is 17.1. The largest absolute Gasteiger partial charge is 0.354 e. The van der Waals surface area contributed by atoms with Gasteiger partial charge >= 0.3 is 0 Å². The Bertz CT molecular complexity index is 754. The van der Waals surface area contributed by atoms with Gasteiger partial charge in [0.15, 0.2) is 0 Å². The maximum Gasteiger partial charge on any atom is 0.240 e. The molecule has 0 spiro atoms. The number of halogens is 1. The van der Waals surface area contributed by atoms with Crippen molar-refractivity contribution in [3.05, 3.63) is 46.6 Å². The molecule has 0 radical (unpaired) electrons. The zero-order valence-electron chi connectivity index (χ0n) is 13.5. The van der Waals surface area contributed by atoms with Crippen molar-refractivity contribution in [1.82, 2.24) is 15.1 Å². The summed E-state index contributed by atoms with van der Waals surface area (Å²) in [6.07, 6.45) is 1.08. The monoisotopic (exact) mass is 346 g/mol. The van der Waals surface area contributed by atoms with E-state index in [0.29, 0.717) is 36.8 Å². The van der Waals surface area contributed by atoms with Crippen LogP contribution in [0.25, 0.3) is 0 Å². The molecule has 126 valence electrons. The first-order chi connectivity index (χ1) is 11.5. The molecule has 0 aliphatic carbocycles. The SMILES string of the molecule is Cc1cc2n(n1)CCC(=O)N2CC(=O)NCCc1ccc(Cl)cc1. The Morgan fingerprint density at radius 1 is 1.33 bits per heavy atom. The Morgan fingerprint density at radius 3 is 2.83 bits per heavy atom. The van der Waals surface area contributed by atoms with Crippen LogP contribution in [0.1, 0.15) is 17.7 Å². The zero-order valence-corrected chi connectivity index (χ0v) is 14.2. The highest BCUT2D eigenvalue weighted by Gasteiger charge is 2.27. The first kappa shape index (κ1) is 16.5. The lowest BCUT2D eigenvalue weighted by atomic mass is 10.1. The molecule has 1 aromatic heterocycles. The first-order valence-electron chi connectivity index (χ1n) is 7.89. The molecule has 7 heteroatoms. The standard InChI is InChI=1S/C17H19ClN4O2/c1-12-10-16-21(17(24)7-9-22(16)20-12)11-15(23)19-8-6-13-2-4-14(18)5-3-13/h2-5,10H,6-9,11H2,1H3,(H,19,23). The summed E-state index contributed by atoms with van der Waals surface area (Å²) in [4.78, 5) is 25.8. The molecule has 0 bridgehead atoms. The van der Waals surface area contributed by atoms with Gasteiger partial charge in [-0.05, 0) is 31.0 Å². The molecule has 0 unspecified atom stereocenters. The summed E-state index contributed by atoms with van der Waals surface area (Å²) in [5, 5.41) is 7.88. The van der Waals surface area contributed by atoms with E-state index < -0.39 is 0 Å². The first-order valence-corrected chi connectivity index (χ1v) is 8.27. The van der Waals surface area contributed by atoms with E-state index in [0.717, 1.165) is 11.3 Å². The van der Waals surface area contributed by atoms with E-state index in [1.54, 1.807) is 4.68 Å². The average molecular weight is 347 g/mol. The molecule has 1 aliphatic heterocycles. The molecule has 3 rings (SSSR count). The fraction of sp³-hybridized carbons (Fsp3) is 0.353. The molecule has 1 N–H and O–H groups in total. The van der Waals surface area contributed by atoms with Crippen molar-refractivity contribution in [2.45, 2.75) is 26.3 Å². The molecule has 2 aromatic rings. The number of carbonyl (C=O) groups excluding carboxylic acids is 2. The van der Waals surface area contributed by atoms with Crippen LogP contribution in [0, 0.1) is 6.92 Å². The summed E-state index contributed by atoms with van der Waals surface area (Å²) >= 11 is 5.85. The van der Waals surface area contributed by atoms with E-state index in [2.05, 4.69) is 10.4 Å². The van der Waals surface area contributed by atoms with E-state index in [4.69, 9.17) is 11.6 Å². The van der Waals surface area contributed by atoms with Crippen molar-refractivity contribution in [2.75, 3.05) is 18.0 Å². The van der Waals surface area contributed by atoms with Crippen molar-refractivity contribution in [3.63, 3.8) is 0 Å². The molecule has 0 atom stereocenters. The summed E-state index contributed by atoms with van der Waals surface area (Å²) in [6.45, 7) is 2.97. The minimum Gasteiger partial charge on any atom is -0.354 e. The number of aromatic nitrogens is 2. The quantitative estimate of drug-likeness (QED) is 0.899. The third kappa shape index (κ3) is 3.76. The number of nitrogens with one attached hydrogen (secondary N) is 1. The lowest BCUT2D eigenvalue weighted by Crippen LogP contribution is -2.44. The van der Waals surface area contributed by atoms with Crippen molar-refractivity contribution >= 4 is 29.2 Å². The van der Waals surface area contributed by atoms with Gasteiger partial charge in [-0.15, -0.1) is 0 Å². The van der Waals surface area contributed by atoms with E-state index in [-0.39, 0.29) is 18.4 Å². The fourth-order valence-corrected chi connectivity index (χ4v) is 2.87. The fourth-order valence-electron chi connectivity index (χ4n) is 2.74.